The normalized spacial score (nSPS) is 18.4. The molecule has 3 nitrogen and oxygen atoms in total. The van der Waals surface area contributed by atoms with E-state index in [0.717, 1.165) is 35.8 Å². The van der Waals surface area contributed by atoms with Crippen molar-refractivity contribution in [3.05, 3.63) is 58.6 Å². The Labute approximate surface area is 180 Å². The van der Waals surface area contributed by atoms with Crippen molar-refractivity contribution in [3.8, 4) is 5.75 Å². The predicted octanol–water partition coefficient (Wildman–Crippen LogP) is 6.30. The van der Waals surface area contributed by atoms with Gasteiger partial charge in [-0.15, -0.1) is 0 Å². The van der Waals surface area contributed by atoms with E-state index >= 15 is 0 Å². The lowest BCUT2D eigenvalue weighted by Crippen LogP contribution is -2.29. The quantitative estimate of drug-likeness (QED) is 0.496. The Balaban J connectivity index is 2.00. The molecule has 0 fully saturated rings. The zero-order valence-electron chi connectivity index (χ0n) is 18.4. The van der Waals surface area contributed by atoms with Crippen molar-refractivity contribution in [2.75, 3.05) is 32.1 Å². The van der Waals surface area contributed by atoms with E-state index in [1.54, 1.807) is 7.11 Å². The Morgan fingerprint density at radius 3 is 2.41 bits per heavy atom. The van der Waals surface area contributed by atoms with E-state index in [9.17, 15) is 0 Å². The van der Waals surface area contributed by atoms with Crippen LogP contribution >= 0.6 is 11.6 Å². The van der Waals surface area contributed by atoms with Crippen LogP contribution in [0.15, 0.2) is 42.5 Å². The minimum Gasteiger partial charge on any atom is -0.496 e. The van der Waals surface area contributed by atoms with Crippen molar-refractivity contribution in [1.29, 1.82) is 0 Å². The van der Waals surface area contributed by atoms with Crippen LogP contribution in [0.25, 0.3) is 6.08 Å². The molecule has 0 amide bonds. The van der Waals surface area contributed by atoms with Crippen molar-refractivity contribution < 1.29 is 9.31 Å². The zero-order valence-corrected chi connectivity index (χ0v) is 19.2. The van der Waals surface area contributed by atoms with Gasteiger partial charge < -0.3 is 9.64 Å². The van der Waals surface area contributed by atoms with Crippen molar-refractivity contribution in [1.82, 2.24) is 0 Å². The van der Waals surface area contributed by atoms with Crippen LogP contribution in [0.3, 0.4) is 0 Å². The lowest BCUT2D eigenvalue weighted by Gasteiger charge is -2.22. The molecular weight excluding hydrogens is 380 g/mol. The number of hydrogen-bond acceptors (Lipinski definition) is 2. The van der Waals surface area contributed by atoms with Gasteiger partial charge in [0.25, 0.3) is 0 Å². The minimum absolute atomic E-state index is 0.0696. The summed E-state index contributed by atoms with van der Waals surface area (Å²) in [4.78, 5) is 2.32. The van der Waals surface area contributed by atoms with Gasteiger partial charge in [0.15, 0.2) is 5.71 Å². The maximum absolute atomic E-state index is 6.31. The smallest absolute Gasteiger partial charge is 0.209 e. The third-order valence-corrected chi connectivity index (χ3v) is 6.55. The highest BCUT2D eigenvalue weighted by Gasteiger charge is 2.45. The van der Waals surface area contributed by atoms with Crippen molar-refractivity contribution >= 4 is 34.8 Å². The molecule has 0 spiro atoms. The van der Waals surface area contributed by atoms with Crippen LogP contribution in [0.5, 0.6) is 5.75 Å². The molecule has 0 aromatic heterocycles. The molecule has 4 heteroatoms. The molecule has 0 N–H and O–H groups in total. The van der Waals surface area contributed by atoms with Gasteiger partial charge in [0.2, 0.25) is 5.69 Å². The molecule has 0 saturated carbocycles. The molecule has 0 bridgehead atoms. The van der Waals surface area contributed by atoms with E-state index < -0.39 is 0 Å². The highest BCUT2D eigenvalue weighted by Crippen LogP contribution is 2.43. The number of allylic oxidation sites excluding steroid dienone is 1. The summed E-state index contributed by atoms with van der Waals surface area (Å²) >= 11 is 6.31. The fourth-order valence-electron chi connectivity index (χ4n) is 4.34. The van der Waals surface area contributed by atoms with Gasteiger partial charge in [-0.3, -0.25) is 0 Å². The average molecular weight is 412 g/mol. The van der Waals surface area contributed by atoms with Crippen LogP contribution in [0, 0.1) is 0 Å². The van der Waals surface area contributed by atoms with Crippen molar-refractivity contribution in [3.63, 3.8) is 0 Å². The Morgan fingerprint density at radius 1 is 1.07 bits per heavy atom. The number of halogens is 1. The second-order valence-electron chi connectivity index (χ2n) is 7.72. The lowest BCUT2D eigenvalue weighted by atomic mass is 9.77. The van der Waals surface area contributed by atoms with E-state index in [-0.39, 0.29) is 5.41 Å². The summed E-state index contributed by atoms with van der Waals surface area (Å²) in [6.45, 7) is 10.8. The first-order valence-corrected chi connectivity index (χ1v) is 10.8. The van der Waals surface area contributed by atoms with Gasteiger partial charge in [0.1, 0.15) is 12.8 Å². The van der Waals surface area contributed by atoms with Gasteiger partial charge in [-0.25, -0.2) is 0 Å². The molecule has 2 aromatic rings. The summed E-state index contributed by atoms with van der Waals surface area (Å²) in [6, 6.07) is 12.6. The number of fused-ring (bicyclic) bond motifs is 1. The molecule has 1 atom stereocenters. The maximum atomic E-state index is 6.31. The summed E-state index contributed by atoms with van der Waals surface area (Å²) in [5.41, 5.74) is 5.99. The fraction of sp³-hybridized carbons (Fsp3) is 0.400. The SMILES string of the molecule is CCN(CC)c1ccc(/C=C/C2=[N+](C)c3ccc(Cl)cc3C2(C)CC)c(OC)c1. The van der Waals surface area contributed by atoms with Gasteiger partial charge in [-0.2, -0.15) is 4.58 Å². The standard InChI is InChI=1S/C25H32ClN2O/c1-7-25(4)21-16-19(26)12-14-22(21)27(5)24(25)15-11-18-10-13-20(17-23(18)29-6)28(8-2)9-3/h10-17H,7-9H2,1-6H3/q+1. The van der Waals surface area contributed by atoms with Gasteiger partial charge >= 0.3 is 0 Å². The molecule has 0 aliphatic carbocycles. The number of benzene rings is 2. The van der Waals surface area contributed by atoms with Crippen LogP contribution < -0.4 is 9.64 Å². The molecule has 0 saturated heterocycles. The minimum atomic E-state index is -0.0696. The number of hydrogen-bond donors (Lipinski definition) is 0. The van der Waals surface area contributed by atoms with Crippen LogP contribution in [0.2, 0.25) is 5.02 Å². The van der Waals surface area contributed by atoms with Gasteiger partial charge in [-0.05, 0) is 57.5 Å². The van der Waals surface area contributed by atoms with E-state index in [2.05, 4.69) is 86.7 Å². The molecule has 1 heterocycles. The van der Waals surface area contributed by atoms with Gasteiger partial charge in [-0.1, -0.05) is 18.5 Å². The molecule has 154 valence electrons. The number of ether oxygens (including phenoxy) is 1. The first kappa shape index (κ1) is 21.4. The third-order valence-electron chi connectivity index (χ3n) is 6.31. The Morgan fingerprint density at radius 2 is 1.79 bits per heavy atom. The largest absolute Gasteiger partial charge is 0.496 e. The summed E-state index contributed by atoms with van der Waals surface area (Å²) in [7, 11) is 3.87. The van der Waals surface area contributed by atoms with Crippen LogP contribution in [-0.4, -0.2) is 37.5 Å². The third kappa shape index (κ3) is 3.81. The number of anilines is 1. The van der Waals surface area contributed by atoms with Crippen LogP contribution in [0.4, 0.5) is 11.4 Å². The maximum Gasteiger partial charge on any atom is 0.209 e. The molecule has 1 aliphatic rings. The number of rotatable bonds is 7. The van der Waals surface area contributed by atoms with Crippen molar-refractivity contribution in [2.24, 2.45) is 0 Å². The second kappa shape index (κ2) is 8.62. The first-order chi connectivity index (χ1) is 13.9. The van der Waals surface area contributed by atoms with E-state index in [1.165, 1.54) is 22.6 Å². The summed E-state index contributed by atoms with van der Waals surface area (Å²) < 4.78 is 7.99. The fourth-order valence-corrected chi connectivity index (χ4v) is 4.51. The molecular formula is C25H32ClN2O+. The summed E-state index contributed by atoms with van der Waals surface area (Å²) in [6.07, 6.45) is 5.40. The summed E-state index contributed by atoms with van der Waals surface area (Å²) in [5, 5.41) is 0.788. The Bertz CT molecular complexity index is 959. The molecule has 29 heavy (non-hydrogen) atoms. The van der Waals surface area contributed by atoms with E-state index in [4.69, 9.17) is 16.3 Å². The average Bonchev–Trinajstić information content (AvgIpc) is 2.94. The van der Waals surface area contributed by atoms with E-state index in [1.807, 2.05) is 6.07 Å². The monoisotopic (exact) mass is 411 g/mol. The van der Waals surface area contributed by atoms with Crippen molar-refractivity contribution in [2.45, 2.75) is 39.5 Å². The lowest BCUT2D eigenvalue weighted by molar-refractivity contribution is -0.401. The van der Waals surface area contributed by atoms with Crippen LogP contribution in [-0.2, 0) is 5.41 Å². The van der Waals surface area contributed by atoms with E-state index in [0.29, 0.717) is 0 Å². The topological polar surface area (TPSA) is 15.5 Å². The highest BCUT2D eigenvalue weighted by molar-refractivity contribution is 6.30. The van der Waals surface area contributed by atoms with Gasteiger partial charge in [0, 0.05) is 53.1 Å². The molecule has 3 rings (SSSR count). The number of methoxy groups -OCH3 is 1. The first-order valence-electron chi connectivity index (χ1n) is 10.4. The summed E-state index contributed by atoms with van der Waals surface area (Å²) in [5.74, 6) is 0.894. The van der Waals surface area contributed by atoms with Crippen LogP contribution in [0.1, 0.15) is 45.2 Å². The Hall–Kier alpha value is -2.26. The molecule has 1 aliphatic heterocycles. The highest BCUT2D eigenvalue weighted by atomic mass is 35.5. The molecule has 1 unspecified atom stereocenters. The van der Waals surface area contributed by atoms with Gasteiger partial charge in [0.05, 0.1) is 12.5 Å². The Kier molecular flexibility index (Phi) is 6.38. The molecule has 0 radical (unpaired) electrons. The predicted molar refractivity (Wildman–Crippen MR) is 126 cm³/mol. The second-order valence-corrected chi connectivity index (χ2v) is 8.16. The number of nitrogens with zero attached hydrogens (tertiary/aromatic N) is 2. The molecule has 2 aromatic carbocycles. The zero-order chi connectivity index (χ0) is 21.2.